The highest BCUT2D eigenvalue weighted by atomic mass is 32.1. The summed E-state index contributed by atoms with van der Waals surface area (Å²) in [6.45, 7) is 4.84. The number of nitrogens with zero attached hydrogens (tertiary/aromatic N) is 1. The number of nitrogens with one attached hydrogen (secondary N) is 1. The third-order valence-corrected chi connectivity index (χ3v) is 4.76. The summed E-state index contributed by atoms with van der Waals surface area (Å²) in [5, 5.41) is 14.8. The van der Waals surface area contributed by atoms with E-state index in [1.54, 1.807) is 11.3 Å². The number of aliphatic hydroxyl groups excluding tert-OH is 1. The average Bonchev–Trinajstić information content (AvgIpc) is 2.86. The molecule has 100 valence electrons. The third-order valence-electron chi connectivity index (χ3n) is 3.69. The lowest BCUT2D eigenvalue weighted by atomic mass is 10.1. The average molecular weight is 274 g/mol. The minimum atomic E-state index is -0.327. The van der Waals surface area contributed by atoms with Crippen LogP contribution in [0.4, 0.5) is 0 Å². The van der Waals surface area contributed by atoms with Crippen molar-refractivity contribution < 1.29 is 5.11 Å². The largest absolute Gasteiger partial charge is 0.391 e. The SMILES string of the molecule is Cc1nc(C)c(CNC2c3ccccc3CC2O)s1. The first-order valence-corrected chi connectivity index (χ1v) is 7.39. The number of aliphatic hydroxyl groups is 1. The zero-order valence-corrected chi connectivity index (χ0v) is 12.0. The summed E-state index contributed by atoms with van der Waals surface area (Å²) in [7, 11) is 0. The summed E-state index contributed by atoms with van der Waals surface area (Å²) in [5.74, 6) is 0. The van der Waals surface area contributed by atoms with Gasteiger partial charge in [-0.2, -0.15) is 0 Å². The molecule has 2 N–H and O–H groups in total. The summed E-state index contributed by atoms with van der Waals surface area (Å²) in [4.78, 5) is 5.69. The molecule has 0 bridgehead atoms. The predicted octanol–water partition coefficient (Wildman–Crippen LogP) is 2.51. The Morgan fingerprint density at radius 2 is 2.16 bits per heavy atom. The molecule has 0 radical (unpaired) electrons. The Hall–Kier alpha value is -1.23. The summed E-state index contributed by atoms with van der Waals surface area (Å²) in [6, 6.07) is 8.31. The van der Waals surface area contributed by atoms with Gasteiger partial charge in [-0.25, -0.2) is 4.98 Å². The minimum absolute atomic E-state index is 0.0398. The van der Waals surface area contributed by atoms with Gasteiger partial charge >= 0.3 is 0 Å². The number of aromatic nitrogens is 1. The van der Waals surface area contributed by atoms with E-state index < -0.39 is 0 Å². The molecule has 0 saturated carbocycles. The molecule has 0 saturated heterocycles. The van der Waals surface area contributed by atoms with Gasteiger partial charge in [-0.15, -0.1) is 11.3 Å². The van der Waals surface area contributed by atoms with Crippen molar-refractivity contribution in [3.63, 3.8) is 0 Å². The minimum Gasteiger partial charge on any atom is -0.391 e. The van der Waals surface area contributed by atoms with Crippen molar-refractivity contribution in [3.05, 3.63) is 51.0 Å². The lowest BCUT2D eigenvalue weighted by Crippen LogP contribution is -2.28. The lowest BCUT2D eigenvalue weighted by molar-refractivity contribution is 0.141. The summed E-state index contributed by atoms with van der Waals surface area (Å²) in [6.07, 6.45) is 0.417. The van der Waals surface area contributed by atoms with Crippen molar-refractivity contribution in [2.24, 2.45) is 0 Å². The van der Waals surface area contributed by atoms with Gasteiger partial charge in [0, 0.05) is 17.8 Å². The van der Waals surface area contributed by atoms with E-state index in [9.17, 15) is 5.11 Å². The molecule has 1 aliphatic carbocycles. The fourth-order valence-electron chi connectivity index (χ4n) is 2.76. The third kappa shape index (κ3) is 2.43. The van der Waals surface area contributed by atoms with Crippen LogP contribution in [0.15, 0.2) is 24.3 Å². The van der Waals surface area contributed by atoms with Crippen LogP contribution in [0.1, 0.15) is 32.7 Å². The van der Waals surface area contributed by atoms with Gasteiger partial charge in [0.05, 0.1) is 22.8 Å². The van der Waals surface area contributed by atoms with Gasteiger partial charge in [0.25, 0.3) is 0 Å². The van der Waals surface area contributed by atoms with Crippen LogP contribution in [0.5, 0.6) is 0 Å². The molecule has 1 aromatic carbocycles. The van der Waals surface area contributed by atoms with Gasteiger partial charge in [-0.1, -0.05) is 24.3 Å². The van der Waals surface area contributed by atoms with Crippen molar-refractivity contribution in [2.75, 3.05) is 0 Å². The molecule has 0 spiro atoms. The van der Waals surface area contributed by atoms with Gasteiger partial charge < -0.3 is 10.4 Å². The van der Waals surface area contributed by atoms with Crippen LogP contribution in [-0.4, -0.2) is 16.2 Å². The highest BCUT2D eigenvalue weighted by molar-refractivity contribution is 7.11. The van der Waals surface area contributed by atoms with Crippen molar-refractivity contribution in [1.29, 1.82) is 0 Å². The van der Waals surface area contributed by atoms with E-state index in [-0.39, 0.29) is 12.1 Å². The first-order chi connectivity index (χ1) is 9.15. The van der Waals surface area contributed by atoms with Crippen molar-refractivity contribution in [1.82, 2.24) is 10.3 Å². The molecule has 4 heteroatoms. The van der Waals surface area contributed by atoms with E-state index in [1.165, 1.54) is 16.0 Å². The molecule has 0 fully saturated rings. The van der Waals surface area contributed by atoms with E-state index in [0.29, 0.717) is 0 Å². The second-order valence-electron chi connectivity index (χ2n) is 5.07. The fraction of sp³-hybridized carbons (Fsp3) is 0.400. The number of hydrogen-bond donors (Lipinski definition) is 2. The van der Waals surface area contributed by atoms with Gasteiger partial charge in [0.2, 0.25) is 0 Å². The Kier molecular flexibility index (Phi) is 3.39. The van der Waals surface area contributed by atoms with E-state index >= 15 is 0 Å². The number of thiazole rings is 1. The molecule has 1 aliphatic rings. The van der Waals surface area contributed by atoms with E-state index in [0.717, 1.165) is 23.7 Å². The molecule has 0 amide bonds. The van der Waals surface area contributed by atoms with Crippen LogP contribution >= 0.6 is 11.3 Å². The molecule has 3 rings (SSSR count). The lowest BCUT2D eigenvalue weighted by Gasteiger charge is -2.17. The molecule has 2 aromatic rings. The van der Waals surface area contributed by atoms with Crippen LogP contribution in [0.3, 0.4) is 0 Å². The van der Waals surface area contributed by atoms with Crippen LogP contribution in [0.2, 0.25) is 0 Å². The Morgan fingerprint density at radius 1 is 1.37 bits per heavy atom. The van der Waals surface area contributed by atoms with E-state index in [4.69, 9.17) is 0 Å². The molecule has 3 nitrogen and oxygen atoms in total. The Bertz CT molecular complexity index is 594. The first kappa shape index (κ1) is 12.8. The molecular formula is C15H18N2OS. The maximum atomic E-state index is 10.2. The number of hydrogen-bond acceptors (Lipinski definition) is 4. The van der Waals surface area contributed by atoms with Gasteiger partial charge in [0.1, 0.15) is 0 Å². The van der Waals surface area contributed by atoms with E-state index in [1.807, 2.05) is 26.0 Å². The highest BCUT2D eigenvalue weighted by Crippen LogP contribution is 2.31. The Morgan fingerprint density at radius 3 is 2.89 bits per heavy atom. The number of rotatable bonds is 3. The van der Waals surface area contributed by atoms with Gasteiger partial charge in [-0.3, -0.25) is 0 Å². The van der Waals surface area contributed by atoms with Gasteiger partial charge in [0.15, 0.2) is 0 Å². The van der Waals surface area contributed by atoms with Crippen molar-refractivity contribution in [3.8, 4) is 0 Å². The van der Waals surface area contributed by atoms with Crippen molar-refractivity contribution in [2.45, 2.75) is 39.0 Å². The molecule has 1 heterocycles. The Balaban J connectivity index is 1.75. The second-order valence-corrected chi connectivity index (χ2v) is 6.36. The number of benzene rings is 1. The topological polar surface area (TPSA) is 45.2 Å². The molecule has 1 aromatic heterocycles. The Labute approximate surface area is 117 Å². The highest BCUT2D eigenvalue weighted by Gasteiger charge is 2.30. The number of fused-ring (bicyclic) bond motifs is 1. The molecule has 19 heavy (non-hydrogen) atoms. The first-order valence-electron chi connectivity index (χ1n) is 6.57. The summed E-state index contributed by atoms with van der Waals surface area (Å²) >= 11 is 1.73. The monoisotopic (exact) mass is 274 g/mol. The van der Waals surface area contributed by atoms with Crippen LogP contribution < -0.4 is 5.32 Å². The maximum Gasteiger partial charge on any atom is 0.0900 e. The van der Waals surface area contributed by atoms with E-state index in [2.05, 4.69) is 22.4 Å². The molecular weight excluding hydrogens is 256 g/mol. The molecule has 2 unspecified atom stereocenters. The predicted molar refractivity (Wildman–Crippen MR) is 77.3 cm³/mol. The molecule has 0 aliphatic heterocycles. The van der Waals surface area contributed by atoms with Crippen LogP contribution in [-0.2, 0) is 13.0 Å². The second kappa shape index (κ2) is 5.04. The summed E-state index contributed by atoms with van der Waals surface area (Å²) < 4.78 is 0. The number of aryl methyl sites for hydroxylation is 2. The maximum absolute atomic E-state index is 10.2. The standard InChI is InChI=1S/C15H18N2OS/c1-9-14(19-10(2)17-9)8-16-15-12-6-4-3-5-11(12)7-13(15)18/h3-6,13,15-16,18H,7-8H2,1-2H3. The van der Waals surface area contributed by atoms with Crippen molar-refractivity contribution >= 4 is 11.3 Å². The normalized spacial score (nSPS) is 21.6. The quantitative estimate of drug-likeness (QED) is 0.904. The van der Waals surface area contributed by atoms with Crippen LogP contribution in [0.25, 0.3) is 0 Å². The zero-order valence-electron chi connectivity index (χ0n) is 11.2. The smallest absolute Gasteiger partial charge is 0.0900 e. The summed E-state index contributed by atoms with van der Waals surface area (Å²) in [5.41, 5.74) is 3.58. The zero-order chi connectivity index (χ0) is 13.4. The fourth-order valence-corrected chi connectivity index (χ4v) is 3.65. The van der Waals surface area contributed by atoms with Gasteiger partial charge in [-0.05, 0) is 25.0 Å². The van der Waals surface area contributed by atoms with Crippen LogP contribution in [0, 0.1) is 13.8 Å². The molecule has 2 atom stereocenters.